The van der Waals surface area contributed by atoms with Crippen LogP contribution in [0, 0.1) is 41.4 Å². The minimum atomic E-state index is -1.19. The lowest BCUT2D eigenvalue weighted by Gasteiger charge is -2.33. The highest BCUT2D eigenvalue weighted by Crippen LogP contribution is 2.44. The Morgan fingerprint density at radius 1 is 0.769 bits per heavy atom. The van der Waals surface area contributed by atoms with Crippen molar-refractivity contribution in [2.75, 3.05) is 73.4 Å². The highest BCUT2D eigenvalue weighted by molar-refractivity contribution is 6.25. The SMILES string of the molecule is C/C1=C\C=C/[C@H](CO)[C@@H](OC(N)=O)C(C=O)C[C@H](C)[C@@H](O)[C@@H](CO)C[C@H](C)CC2=C(CO)C(=O)C=C(NC1=O)C2=O.C=CCNC1=C2C[C@@H](C)C[C@H](OC)[C@H](O)[C@@H](C)/C=C(\C)[C@H](OC(N)=O)[C@@H](OC)/C=C\C=C(/C)C(=O)NC(=CC1=O)C2=O.CCNC(=O)c1noc(-c2cc(C(C)C)c(O)cc2O)c1-c1ccc(CN2CCOCC2)cc1. The summed E-state index contributed by atoms with van der Waals surface area (Å²) in [7, 11) is 2.92. The Morgan fingerprint density at radius 2 is 1.37 bits per heavy atom. The number of aldehydes is 1. The largest absolute Gasteiger partial charge is 0.508 e. The average Bonchev–Trinajstić information content (AvgIpc) is 1.50. The average molecular weight is 1630 g/mol. The minimum absolute atomic E-state index is 0.00808. The molecule has 5 aliphatic rings. The van der Waals surface area contributed by atoms with Gasteiger partial charge in [0.1, 0.15) is 30.0 Å². The standard InChI is InChI=1S/C31H43N3O8.C29H40N2O10.C26H31N3O5/c1-8-12-33-26-21-13-17(2)14-25(41-7)27(36)19(4)15-20(5)29(42-31(32)39)24(40-6)11-9-10-18(3)30(38)34-22(28(21)37)16-23(26)35;1-15-7-19(12-33)25(37)17(3)9-20(13-34)27(41-29(30)40)18(11-32)6-4-5-16(2)28(39)31-23-10-24(36)22(14-35)21(8-15)26(23)38;1-4-27-26(32)24-23(18-7-5-17(6-8-18)15-29-9-11-33-12-10-29)25(34-28-24)20-13-19(16(2)3)21(30)14-22(20)31/h8-11,15-17,19,24-25,27,29,33,36H,1,12-14H2,2-7H3,(H2,32,39)(H,34,38);4-6,10,13,15,17-20,25,27,32-33,35,37H,7-9,11-12,14H2,1-3H3,(H2,30,40)(H,31,39);5-8,13-14,16,30-31H,4,9-12,15H2,1-3H3,(H,27,32)/b11-9-,18-10+,20-15+;6-4-,16-5+;/t17-,19+,24+,25+,27-,29+;15-,17-,18+,19+,20?,25+,27+;/m10./s1. The van der Waals surface area contributed by atoms with Crippen molar-refractivity contribution in [3.8, 4) is 33.9 Å². The molecule has 0 radical (unpaired) electrons. The Kier molecular flexibility index (Phi) is 37.3. The number of amides is 5. The molecule has 2 aromatic carbocycles. The van der Waals surface area contributed by atoms with Crippen LogP contribution in [-0.4, -0.2) is 215 Å². The lowest BCUT2D eigenvalue weighted by atomic mass is 9.78. The number of ether oxygens (including phenoxy) is 5. The molecule has 0 spiro atoms. The van der Waals surface area contributed by atoms with E-state index in [4.69, 9.17) is 39.7 Å². The number of rotatable bonds is 18. The number of Topliss-reactive ketones (excluding diaryl/α,β-unsaturated/α-hetero) is 2. The van der Waals surface area contributed by atoms with Crippen LogP contribution >= 0.6 is 0 Å². The maximum absolute atomic E-state index is 13.5. The third-order valence-corrected chi connectivity index (χ3v) is 20.8. The second-order valence-corrected chi connectivity index (χ2v) is 30.2. The number of aliphatic hydroxyl groups excluding tert-OH is 5. The van der Waals surface area contributed by atoms with E-state index in [2.05, 4.69) is 37.9 Å². The first-order valence-corrected chi connectivity index (χ1v) is 38.9. The fraction of sp³-hybridized carbons (Fsp3) is 0.477. The first-order valence-electron chi connectivity index (χ1n) is 38.9. The quantitative estimate of drug-likeness (QED) is 0.0349. The molecule has 4 heterocycles. The molecule has 4 bridgehead atoms. The number of nitrogens with one attached hydrogen (secondary N) is 4. The number of nitrogens with zero attached hydrogens (tertiary/aromatic N) is 2. The van der Waals surface area contributed by atoms with Gasteiger partial charge in [-0.05, 0) is 112 Å². The van der Waals surface area contributed by atoms with E-state index in [0.29, 0.717) is 41.5 Å². The van der Waals surface area contributed by atoms with Gasteiger partial charge in [0.15, 0.2) is 23.3 Å². The van der Waals surface area contributed by atoms with E-state index in [0.717, 1.165) is 56.1 Å². The van der Waals surface area contributed by atoms with Gasteiger partial charge in [0.25, 0.3) is 17.7 Å². The molecule has 5 amide bonds. The summed E-state index contributed by atoms with van der Waals surface area (Å²) < 4.78 is 32.8. The van der Waals surface area contributed by atoms with Crippen LogP contribution in [-0.2, 0) is 63.8 Å². The van der Waals surface area contributed by atoms with E-state index in [1.807, 2.05) is 52.0 Å². The number of primary amides is 2. The second-order valence-electron chi connectivity index (χ2n) is 30.2. The molecule has 13 atom stereocenters. The van der Waals surface area contributed by atoms with Crippen LogP contribution in [0.15, 0.2) is 159 Å². The fourth-order valence-electron chi connectivity index (χ4n) is 14.5. The van der Waals surface area contributed by atoms with Gasteiger partial charge < -0.3 is 101 Å². The maximum atomic E-state index is 13.5. The molecule has 1 unspecified atom stereocenters. The van der Waals surface area contributed by atoms with Gasteiger partial charge in [-0.25, -0.2) is 9.59 Å². The number of aromatic hydroxyl groups is 2. The Morgan fingerprint density at radius 3 is 1.92 bits per heavy atom. The lowest BCUT2D eigenvalue weighted by Crippen LogP contribution is -2.40. The molecular formula is C86H114N8O23. The Labute approximate surface area is 681 Å². The Hall–Kier alpha value is -10.6. The summed E-state index contributed by atoms with van der Waals surface area (Å²) >= 11 is 0. The molecule has 117 heavy (non-hydrogen) atoms. The Bertz CT molecular complexity index is 4360. The molecule has 3 aromatic rings. The van der Waals surface area contributed by atoms with Crippen LogP contribution in [0.25, 0.3) is 22.5 Å². The second kappa shape index (κ2) is 45.8. The number of aromatic nitrogens is 1. The van der Waals surface area contributed by atoms with E-state index in [1.165, 1.54) is 51.5 Å². The van der Waals surface area contributed by atoms with Crippen LogP contribution in [0.1, 0.15) is 129 Å². The van der Waals surface area contributed by atoms with Crippen molar-refractivity contribution >= 4 is 59.3 Å². The van der Waals surface area contributed by atoms with E-state index < -0.39 is 133 Å². The number of allylic oxidation sites excluding steroid dienone is 8. The van der Waals surface area contributed by atoms with Crippen molar-refractivity contribution in [1.82, 2.24) is 31.3 Å². The molecule has 1 saturated heterocycles. The van der Waals surface area contributed by atoms with Gasteiger partial charge in [-0.2, -0.15) is 0 Å². The molecule has 636 valence electrons. The van der Waals surface area contributed by atoms with E-state index in [-0.39, 0.29) is 124 Å². The van der Waals surface area contributed by atoms with Crippen LogP contribution in [0.2, 0.25) is 0 Å². The summed E-state index contributed by atoms with van der Waals surface area (Å²) in [5.41, 5.74) is 15.1. The summed E-state index contributed by atoms with van der Waals surface area (Å²) in [4.78, 5) is 129. The number of hydrogen-bond donors (Lipinski definition) is 13. The number of carbonyl (C=O) groups is 10. The molecule has 31 heteroatoms. The predicted octanol–water partition coefficient (Wildman–Crippen LogP) is 6.91. The maximum Gasteiger partial charge on any atom is 0.405 e. The summed E-state index contributed by atoms with van der Waals surface area (Å²) in [6.45, 7) is 24.4. The van der Waals surface area contributed by atoms with E-state index in [9.17, 15) is 83.7 Å². The van der Waals surface area contributed by atoms with Gasteiger partial charge in [0.05, 0.1) is 78.9 Å². The number of benzene rings is 2. The minimum Gasteiger partial charge on any atom is -0.508 e. The normalized spacial score (nSPS) is 27.1. The predicted molar refractivity (Wildman–Crippen MR) is 433 cm³/mol. The number of methoxy groups -OCH3 is 2. The number of aliphatic hydroxyl groups is 5. The monoisotopic (exact) mass is 1630 g/mol. The molecule has 15 N–H and O–H groups in total. The molecule has 31 nitrogen and oxygen atoms in total. The molecule has 8 rings (SSSR count). The smallest absolute Gasteiger partial charge is 0.405 e. The van der Waals surface area contributed by atoms with Crippen molar-refractivity contribution in [3.63, 3.8) is 0 Å². The lowest BCUT2D eigenvalue weighted by molar-refractivity contribution is -0.120. The molecule has 3 aliphatic heterocycles. The topological polar surface area (TPSA) is 488 Å². The fourth-order valence-corrected chi connectivity index (χ4v) is 14.5. The van der Waals surface area contributed by atoms with Crippen LogP contribution in [0.5, 0.6) is 11.5 Å². The summed E-state index contributed by atoms with van der Waals surface area (Å²) in [6, 6.07) is 10.9. The number of fused-ring (bicyclic) bond motifs is 4. The van der Waals surface area contributed by atoms with E-state index >= 15 is 0 Å². The number of hydrogen-bond acceptors (Lipinski definition) is 26. The molecule has 1 fully saturated rings. The van der Waals surface area contributed by atoms with Crippen molar-refractivity contribution in [2.24, 2.45) is 52.9 Å². The molecule has 2 aliphatic carbocycles. The number of phenolic OH excluding ortho intramolecular Hbond substituents is 2. The zero-order valence-corrected chi connectivity index (χ0v) is 68.4. The van der Waals surface area contributed by atoms with Gasteiger partial charge in [0.2, 0.25) is 17.3 Å². The number of morpholine rings is 1. The number of carbonyl (C=O) groups excluding carboxylic acids is 10. The first-order chi connectivity index (χ1) is 55.6. The van der Waals surface area contributed by atoms with Gasteiger partial charge in [-0.15, -0.1) is 6.58 Å². The number of ketones is 4. The van der Waals surface area contributed by atoms with Gasteiger partial charge in [0, 0.05) is 117 Å². The molecule has 1 aromatic heterocycles. The van der Waals surface area contributed by atoms with Crippen LogP contribution in [0.3, 0.4) is 0 Å². The van der Waals surface area contributed by atoms with Crippen molar-refractivity contribution in [3.05, 3.63) is 171 Å². The number of nitrogens with two attached hydrogens (primary N) is 2. The third kappa shape index (κ3) is 26.2. The van der Waals surface area contributed by atoms with E-state index in [1.54, 1.807) is 65.0 Å². The highest BCUT2D eigenvalue weighted by Gasteiger charge is 2.39. The number of phenols is 2. The zero-order chi connectivity index (χ0) is 86.7. The van der Waals surface area contributed by atoms with Crippen molar-refractivity contribution < 1.29 is 112 Å². The van der Waals surface area contributed by atoms with Crippen LogP contribution in [0.4, 0.5) is 9.59 Å². The van der Waals surface area contributed by atoms with Gasteiger partial charge in [-0.1, -0.05) is 120 Å². The summed E-state index contributed by atoms with van der Waals surface area (Å²) in [6.07, 6.45) is 7.87. The van der Waals surface area contributed by atoms with Gasteiger partial charge >= 0.3 is 12.2 Å². The Balaban J connectivity index is 0.000000274. The first kappa shape index (κ1) is 95.2. The zero-order valence-electron chi connectivity index (χ0n) is 68.4. The van der Waals surface area contributed by atoms with Crippen molar-refractivity contribution in [2.45, 2.75) is 150 Å². The highest BCUT2D eigenvalue weighted by atomic mass is 16.6. The summed E-state index contributed by atoms with van der Waals surface area (Å²) in [5.74, 6) is -7.76. The van der Waals surface area contributed by atoms with Gasteiger partial charge in [-0.3, -0.25) is 38.5 Å². The molecule has 0 saturated carbocycles. The summed E-state index contributed by atoms with van der Waals surface area (Å²) in [5, 5.41) is 87.9. The van der Waals surface area contributed by atoms with Crippen LogP contribution < -0.4 is 32.7 Å². The van der Waals surface area contributed by atoms with Crippen molar-refractivity contribution in [1.29, 1.82) is 0 Å². The third-order valence-electron chi connectivity index (χ3n) is 20.8. The molecular weight excluding hydrogens is 1510 g/mol.